The molecule has 466 valence electrons. The van der Waals surface area contributed by atoms with Crippen LogP contribution in [0.4, 0.5) is 22.7 Å². The first-order valence-electron chi connectivity index (χ1n) is 28.8. The highest BCUT2D eigenvalue weighted by atomic mass is 16.6. The number of rotatable bonds is 42. The Morgan fingerprint density at radius 1 is 0.301 bits per heavy atom. The molecule has 0 amide bonds. The van der Waals surface area contributed by atoms with Gasteiger partial charge in [-0.2, -0.15) is 0 Å². The Hall–Kier alpha value is -6.44. The van der Waals surface area contributed by atoms with Crippen molar-refractivity contribution in [2.75, 3.05) is 148 Å². The van der Waals surface area contributed by atoms with Crippen LogP contribution in [-0.2, 0) is 47.4 Å². The number of ether oxygens (including phenoxy) is 10. The molecule has 0 bridgehead atoms. The Morgan fingerprint density at radius 3 is 0.795 bits per heavy atom. The van der Waals surface area contributed by atoms with Gasteiger partial charge in [0.2, 0.25) is 0 Å². The van der Waals surface area contributed by atoms with Gasteiger partial charge in [-0.15, -0.1) is 0 Å². The summed E-state index contributed by atoms with van der Waals surface area (Å²) in [6.45, 7) is 13.8. The third kappa shape index (κ3) is 43.0. The Kier molecular flexibility index (Phi) is 47.1. The molecule has 4 aromatic rings. The van der Waals surface area contributed by atoms with Crippen molar-refractivity contribution in [2.24, 2.45) is 22.9 Å². The Balaban J connectivity index is 0.000000582. The summed E-state index contributed by atoms with van der Waals surface area (Å²) in [5, 5.41) is 0. The molecule has 0 fully saturated rings. The zero-order chi connectivity index (χ0) is 60.8. The van der Waals surface area contributed by atoms with E-state index in [1.807, 2.05) is 6.92 Å². The van der Waals surface area contributed by atoms with Crippen molar-refractivity contribution >= 4 is 46.6 Å². The fraction of sp³-hybridized carbons (Fsp3) is 0.541. The van der Waals surface area contributed by atoms with Crippen molar-refractivity contribution < 1.29 is 66.5 Å². The molecule has 0 aliphatic rings. The average molecular weight is 1170 g/mol. The van der Waals surface area contributed by atoms with E-state index in [0.29, 0.717) is 143 Å². The van der Waals surface area contributed by atoms with Crippen LogP contribution in [0, 0.1) is 0 Å². The minimum Gasteiger partial charge on any atom is -0.462 e. The molecular weight excluding hydrogens is 1070 g/mol. The molecule has 0 spiro atoms. The minimum absolute atomic E-state index is 0.189. The molecule has 0 aliphatic carbocycles. The number of hydrogen-bond acceptors (Lipinski definition) is 22. The van der Waals surface area contributed by atoms with Crippen molar-refractivity contribution in [3.63, 3.8) is 0 Å². The second-order valence-electron chi connectivity index (χ2n) is 18.6. The van der Waals surface area contributed by atoms with Crippen LogP contribution in [0.1, 0.15) is 125 Å². The van der Waals surface area contributed by atoms with Crippen LogP contribution in [-0.4, -0.2) is 155 Å². The van der Waals surface area contributed by atoms with Gasteiger partial charge in [-0.25, -0.2) is 19.2 Å². The third-order valence-corrected chi connectivity index (χ3v) is 11.3. The van der Waals surface area contributed by atoms with Gasteiger partial charge in [0.25, 0.3) is 0 Å². The van der Waals surface area contributed by atoms with Gasteiger partial charge in [-0.3, -0.25) is 0 Å². The molecule has 16 N–H and O–H groups in total. The number of benzene rings is 4. The zero-order valence-electron chi connectivity index (χ0n) is 49.1. The van der Waals surface area contributed by atoms with Crippen molar-refractivity contribution in [1.29, 1.82) is 0 Å². The van der Waals surface area contributed by atoms with Gasteiger partial charge >= 0.3 is 23.9 Å². The number of esters is 4. The van der Waals surface area contributed by atoms with Gasteiger partial charge < -0.3 is 93.2 Å². The maximum absolute atomic E-state index is 12.0. The highest BCUT2D eigenvalue weighted by Gasteiger charge is 2.13. The smallest absolute Gasteiger partial charge is 0.338 e. The van der Waals surface area contributed by atoms with Crippen LogP contribution in [0.15, 0.2) is 97.1 Å². The SMILES string of the molecule is CC(CCCOCCCCOC(=O)c1ccc(N)cc1)OC(=O)c1ccc(N)cc1.NCCCOCCCCOCCCN.NCCCOCCOCCOCCCN.Nc1ccc(C(=O)OCCCCOC(=O)c2ccc(N)cc2)cc1. The molecular formula is C61H98N8O14. The van der Waals surface area contributed by atoms with Crippen LogP contribution in [0.5, 0.6) is 0 Å². The highest BCUT2D eigenvalue weighted by Crippen LogP contribution is 2.13. The average Bonchev–Trinajstić information content (AvgIpc) is 3.48. The van der Waals surface area contributed by atoms with Crippen LogP contribution >= 0.6 is 0 Å². The molecule has 4 rings (SSSR count). The third-order valence-electron chi connectivity index (χ3n) is 11.3. The van der Waals surface area contributed by atoms with Crippen LogP contribution in [0.2, 0.25) is 0 Å². The summed E-state index contributed by atoms with van der Waals surface area (Å²) < 4.78 is 53.0. The van der Waals surface area contributed by atoms with Crippen molar-refractivity contribution in [3.05, 3.63) is 119 Å². The van der Waals surface area contributed by atoms with Crippen molar-refractivity contribution in [2.45, 2.75) is 90.1 Å². The van der Waals surface area contributed by atoms with E-state index in [-0.39, 0.29) is 31.3 Å². The van der Waals surface area contributed by atoms with Gasteiger partial charge in [0, 0.05) is 75.6 Å². The molecule has 83 heavy (non-hydrogen) atoms. The van der Waals surface area contributed by atoms with Gasteiger partial charge in [0.05, 0.1) is 74.6 Å². The number of hydrogen-bond donors (Lipinski definition) is 8. The standard InChI is InChI=1S/C23H30N2O5.C18H20N2O4.C10H24N2O3.C10H24N2O2/c1-17(30-23(27)19-8-12-21(25)13-9-19)5-4-15-28-14-2-3-16-29-22(26)18-6-10-20(24)11-7-18;19-15-7-3-13(4-8-15)17(21)23-11-1-2-12-24-18(22)14-5-9-16(20)10-6-14;11-3-1-5-13-7-9-15-10-8-14-6-2-4-12;11-5-3-9-13-7-1-2-8-14-10-4-6-12/h6-13,17H,2-5,14-16,24-25H2,1H3;3-10H,1-2,11-12,19-20H2;1-12H2;1-12H2. The van der Waals surface area contributed by atoms with Crippen molar-refractivity contribution in [3.8, 4) is 0 Å². The minimum atomic E-state index is -0.395. The van der Waals surface area contributed by atoms with E-state index in [2.05, 4.69) is 0 Å². The summed E-state index contributed by atoms with van der Waals surface area (Å²) in [5.41, 5.74) is 47.9. The number of carbonyl (C=O) groups excluding carboxylic acids is 4. The second-order valence-corrected chi connectivity index (χ2v) is 18.6. The molecule has 0 saturated carbocycles. The summed E-state index contributed by atoms with van der Waals surface area (Å²) in [4.78, 5) is 47.4. The number of anilines is 4. The largest absolute Gasteiger partial charge is 0.462 e. The van der Waals surface area contributed by atoms with E-state index in [9.17, 15) is 19.2 Å². The monoisotopic (exact) mass is 1170 g/mol. The lowest BCUT2D eigenvalue weighted by atomic mass is 10.2. The summed E-state index contributed by atoms with van der Waals surface area (Å²) in [7, 11) is 0. The van der Waals surface area contributed by atoms with E-state index >= 15 is 0 Å². The van der Waals surface area contributed by atoms with Crippen LogP contribution < -0.4 is 45.9 Å². The molecule has 1 unspecified atom stereocenters. The Labute approximate surface area is 492 Å². The number of nitrogens with two attached hydrogens (primary N) is 8. The van der Waals surface area contributed by atoms with Gasteiger partial charge in [0.15, 0.2) is 0 Å². The number of nitrogen functional groups attached to an aromatic ring is 4. The topological polar surface area (TPSA) is 369 Å². The van der Waals surface area contributed by atoms with Crippen LogP contribution in [0.3, 0.4) is 0 Å². The highest BCUT2D eigenvalue weighted by molar-refractivity contribution is 5.91. The molecule has 1 atom stereocenters. The van der Waals surface area contributed by atoms with E-state index < -0.39 is 11.9 Å². The first-order chi connectivity index (χ1) is 40.3. The second kappa shape index (κ2) is 52.4. The first-order valence-corrected chi connectivity index (χ1v) is 28.8. The molecule has 0 aliphatic heterocycles. The Morgan fingerprint density at radius 2 is 0.518 bits per heavy atom. The zero-order valence-corrected chi connectivity index (χ0v) is 49.1. The lowest BCUT2D eigenvalue weighted by Crippen LogP contribution is -2.15. The maximum Gasteiger partial charge on any atom is 0.338 e. The van der Waals surface area contributed by atoms with E-state index in [1.54, 1.807) is 97.1 Å². The fourth-order valence-corrected chi connectivity index (χ4v) is 6.51. The molecule has 22 heteroatoms. The predicted octanol–water partition coefficient (Wildman–Crippen LogP) is 6.71. The van der Waals surface area contributed by atoms with Gasteiger partial charge in [-0.1, -0.05) is 0 Å². The summed E-state index contributed by atoms with van der Waals surface area (Å²) in [6, 6.07) is 26.3. The molecule has 4 aromatic carbocycles. The summed E-state index contributed by atoms with van der Waals surface area (Å²) in [6.07, 6.45) is 9.91. The van der Waals surface area contributed by atoms with Crippen LogP contribution in [0.25, 0.3) is 0 Å². The number of carbonyl (C=O) groups is 4. The van der Waals surface area contributed by atoms with Gasteiger partial charge in [0.1, 0.15) is 0 Å². The molecule has 0 saturated heterocycles. The maximum atomic E-state index is 12.0. The Bertz CT molecular complexity index is 2110. The van der Waals surface area contributed by atoms with Gasteiger partial charge in [-0.05, 0) is 207 Å². The fourth-order valence-electron chi connectivity index (χ4n) is 6.51. The molecule has 0 radical (unpaired) electrons. The van der Waals surface area contributed by atoms with Crippen molar-refractivity contribution in [1.82, 2.24) is 0 Å². The lowest BCUT2D eigenvalue weighted by molar-refractivity contribution is 0.0143. The number of unbranched alkanes of at least 4 members (excludes halogenated alkanes) is 3. The predicted molar refractivity (Wildman–Crippen MR) is 326 cm³/mol. The van der Waals surface area contributed by atoms with E-state index in [0.717, 1.165) is 90.6 Å². The normalized spacial score (nSPS) is 10.9. The van der Waals surface area contributed by atoms with E-state index in [1.165, 1.54) is 0 Å². The van der Waals surface area contributed by atoms with E-state index in [4.69, 9.17) is 93.2 Å². The summed E-state index contributed by atoms with van der Waals surface area (Å²) in [5.74, 6) is -1.49. The lowest BCUT2D eigenvalue weighted by Gasteiger charge is -2.13. The molecule has 22 nitrogen and oxygen atoms in total. The quantitative estimate of drug-likeness (QED) is 0.00989. The first kappa shape index (κ1) is 74.6. The molecule has 0 heterocycles. The summed E-state index contributed by atoms with van der Waals surface area (Å²) >= 11 is 0. The molecule has 0 aromatic heterocycles.